The van der Waals surface area contributed by atoms with Gasteiger partial charge in [0.2, 0.25) is 12.3 Å². The van der Waals surface area contributed by atoms with Gasteiger partial charge in [0.1, 0.15) is 12.0 Å². The lowest BCUT2D eigenvalue weighted by Gasteiger charge is -1.99. The van der Waals surface area contributed by atoms with Crippen molar-refractivity contribution >= 4 is 34.0 Å². The van der Waals surface area contributed by atoms with Crippen LogP contribution in [0.1, 0.15) is 0 Å². The Bertz CT molecular complexity index is 720. The number of H-pyrrole nitrogens is 1. The standard InChI is InChI=1S/C11H8N4O2/c16-5-14-7-3-1-2-6-8-10(15-9(6)7)12-4-13-11(8)17/h1-5H,(H,14,16)(H2,12,13,15,17). The van der Waals surface area contributed by atoms with E-state index in [2.05, 4.69) is 20.3 Å². The van der Waals surface area contributed by atoms with E-state index in [1.165, 1.54) is 6.33 Å². The second-order valence-corrected chi connectivity index (χ2v) is 3.54. The maximum Gasteiger partial charge on any atom is 0.224 e. The van der Waals surface area contributed by atoms with Crippen molar-refractivity contribution in [2.45, 2.75) is 0 Å². The van der Waals surface area contributed by atoms with Gasteiger partial charge in [0.05, 0.1) is 16.6 Å². The minimum absolute atomic E-state index is 0.0792. The molecule has 0 fully saturated rings. The Hall–Kier alpha value is -2.63. The summed E-state index contributed by atoms with van der Waals surface area (Å²) in [5.41, 5.74) is 1.88. The van der Waals surface area contributed by atoms with E-state index in [-0.39, 0.29) is 5.88 Å². The van der Waals surface area contributed by atoms with Gasteiger partial charge in [-0.1, -0.05) is 12.1 Å². The molecule has 17 heavy (non-hydrogen) atoms. The van der Waals surface area contributed by atoms with Crippen molar-refractivity contribution < 1.29 is 9.90 Å². The van der Waals surface area contributed by atoms with Crippen molar-refractivity contribution in [1.29, 1.82) is 0 Å². The summed E-state index contributed by atoms with van der Waals surface area (Å²) in [6.45, 7) is 0. The minimum atomic E-state index is -0.0792. The number of aromatic hydroxyl groups is 1. The van der Waals surface area contributed by atoms with Crippen LogP contribution in [0.5, 0.6) is 5.88 Å². The van der Waals surface area contributed by atoms with Crippen molar-refractivity contribution in [3.05, 3.63) is 24.5 Å². The molecule has 0 saturated carbocycles. The number of fused-ring (bicyclic) bond motifs is 3. The van der Waals surface area contributed by atoms with Gasteiger partial charge in [-0.25, -0.2) is 9.97 Å². The van der Waals surface area contributed by atoms with Gasteiger partial charge in [-0.2, -0.15) is 0 Å². The topological polar surface area (TPSA) is 90.9 Å². The largest absolute Gasteiger partial charge is 0.493 e. The molecule has 1 aromatic carbocycles. The van der Waals surface area contributed by atoms with Crippen LogP contribution in [-0.4, -0.2) is 26.5 Å². The number of carbonyl (C=O) groups excluding carboxylic acids is 1. The molecule has 6 nitrogen and oxygen atoms in total. The van der Waals surface area contributed by atoms with E-state index in [1.54, 1.807) is 12.1 Å². The highest BCUT2D eigenvalue weighted by molar-refractivity contribution is 6.12. The van der Waals surface area contributed by atoms with E-state index in [9.17, 15) is 9.90 Å². The van der Waals surface area contributed by atoms with Gasteiger partial charge >= 0.3 is 0 Å². The van der Waals surface area contributed by atoms with Gasteiger partial charge in [0.15, 0.2) is 0 Å². The Labute approximate surface area is 95.3 Å². The van der Waals surface area contributed by atoms with Crippen molar-refractivity contribution in [1.82, 2.24) is 15.0 Å². The summed E-state index contributed by atoms with van der Waals surface area (Å²) in [5.74, 6) is -0.0792. The summed E-state index contributed by atoms with van der Waals surface area (Å²) < 4.78 is 0. The van der Waals surface area contributed by atoms with Crippen LogP contribution < -0.4 is 5.32 Å². The van der Waals surface area contributed by atoms with Crippen LogP contribution in [0.4, 0.5) is 5.69 Å². The number of amides is 1. The average Bonchev–Trinajstić information content (AvgIpc) is 2.70. The molecule has 6 heteroatoms. The number of para-hydroxylation sites is 1. The number of rotatable bonds is 2. The molecular weight excluding hydrogens is 220 g/mol. The van der Waals surface area contributed by atoms with Crippen LogP contribution in [0.3, 0.4) is 0 Å². The zero-order valence-electron chi connectivity index (χ0n) is 8.64. The molecule has 2 aromatic heterocycles. The molecule has 1 amide bonds. The third-order valence-corrected chi connectivity index (χ3v) is 2.62. The number of aromatic amines is 1. The molecule has 0 bridgehead atoms. The first-order chi connectivity index (χ1) is 8.31. The summed E-state index contributed by atoms with van der Waals surface area (Å²) in [6, 6.07) is 5.37. The second kappa shape index (κ2) is 3.44. The lowest BCUT2D eigenvalue weighted by Crippen LogP contribution is -1.93. The normalized spacial score (nSPS) is 10.8. The third-order valence-electron chi connectivity index (χ3n) is 2.62. The van der Waals surface area contributed by atoms with Gasteiger partial charge in [0.25, 0.3) is 0 Å². The van der Waals surface area contributed by atoms with Crippen molar-refractivity contribution in [3.8, 4) is 5.88 Å². The summed E-state index contributed by atoms with van der Waals surface area (Å²) >= 11 is 0. The van der Waals surface area contributed by atoms with Gasteiger partial charge in [-0.3, -0.25) is 4.79 Å². The number of nitrogens with one attached hydrogen (secondary N) is 2. The van der Waals surface area contributed by atoms with E-state index in [1.807, 2.05) is 6.07 Å². The number of hydrogen-bond donors (Lipinski definition) is 3. The number of nitrogens with zero attached hydrogens (tertiary/aromatic N) is 2. The first-order valence-corrected chi connectivity index (χ1v) is 4.96. The maximum atomic E-state index is 10.5. The fourth-order valence-electron chi connectivity index (χ4n) is 1.92. The van der Waals surface area contributed by atoms with Crippen LogP contribution >= 0.6 is 0 Å². The number of aromatic nitrogens is 3. The summed E-state index contributed by atoms with van der Waals surface area (Å²) in [4.78, 5) is 21.3. The zero-order valence-corrected chi connectivity index (χ0v) is 8.64. The maximum absolute atomic E-state index is 10.5. The highest BCUT2D eigenvalue weighted by Crippen LogP contribution is 2.32. The highest BCUT2D eigenvalue weighted by Gasteiger charge is 2.12. The molecule has 0 unspecified atom stereocenters. The first-order valence-electron chi connectivity index (χ1n) is 4.96. The van der Waals surface area contributed by atoms with Gasteiger partial charge in [0, 0.05) is 5.39 Å². The summed E-state index contributed by atoms with van der Waals surface area (Å²) in [5, 5.41) is 13.6. The zero-order chi connectivity index (χ0) is 11.8. The molecule has 0 spiro atoms. The third kappa shape index (κ3) is 1.31. The number of carbonyl (C=O) groups is 1. The monoisotopic (exact) mass is 228 g/mol. The molecule has 84 valence electrons. The fraction of sp³-hybridized carbons (Fsp3) is 0. The summed E-state index contributed by atoms with van der Waals surface area (Å²) in [7, 11) is 0. The van der Waals surface area contributed by atoms with E-state index < -0.39 is 0 Å². The molecule has 3 aromatic rings. The van der Waals surface area contributed by atoms with Crippen LogP contribution in [0.25, 0.3) is 21.9 Å². The van der Waals surface area contributed by atoms with Crippen LogP contribution in [0.15, 0.2) is 24.5 Å². The molecule has 3 rings (SSSR count). The van der Waals surface area contributed by atoms with Crippen molar-refractivity contribution in [3.63, 3.8) is 0 Å². The molecule has 0 radical (unpaired) electrons. The Kier molecular flexibility index (Phi) is 1.94. The van der Waals surface area contributed by atoms with Gasteiger partial charge in [-0.15, -0.1) is 0 Å². The van der Waals surface area contributed by atoms with Crippen LogP contribution in [0.2, 0.25) is 0 Å². The fourth-order valence-corrected chi connectivity index (χ4v) is 1.92. The quantitative estimate of drug-likeness (QED) is 0.578. The van der Waals surface area contributed by atoms with E-state index in [0.29, 0.717) is 28.6 Å². The molecule has 0 saturated heterocycles. The Morgan fingerprint density at radius 3 is 3.06 bits per heavy atom. The van der Waals surface area contributed by atoms with Crippen molar-refractivity contribution in [2.75, 3.05) is 5.32 Å². The molecule has 0 atom stereocenters. The SMILES string of the molecule is O=CNc1cccc2c1[nH]c1ncnc(O)c12. The summed E-state index contributed by atoms with van der Waals surface area (Å²) in [6.07, 6.45) is 1.88. The first kappa shape index (κ1) is 9.59. The highest BCUT2D eigenvalue weighted by atomic mass is 16.3. The lowest BCUT2D eigenvalue weighted by atomic mass is 10.2. The number of benzene rings is 1. The predicted octanol–water partition coefficient (Wildman–Crippen LogP) is 1.38. The molecular formula is C11H8N4O2. The molecule has 0 aliphatic rings. The Morgan fingerprint density at radius 2 is 2.24 bits per heavy atom. The Morgan fingerprint density at radius 1 is 1.35 bits per heavy atom. The van der Waals surface area contributed by atoms with Gasteiger partial charge in [-0.05, 0) is 6.07 Å². The average molecular weight is 228 g/mol. The Balaban J connectivity index is 2.47. The number of hydrogen-bond acceptors (Lipinski definition) is 4. The molecule has 0 aliphatic carbocycles. The minimum Gasteiger partial charge on any atom is -0.493 e. The van der Waals surface area contributed by atoms with E-state index in [4.69, 9.17) is 0 Å². The second-order valence-electron chi connectivity index (χ2n) is 3.54. The van der Waals surface area contributed by atoms with Gasteiger partial charge < -0.3 is 15.4 Å². The number of anilines is 1. The predicted molar refractivity (Wildman–Crippen MR) is 62.7 cm³/mol. The van der Waals surface area contributed by atoms with E-state index in [0.717, 1.165) is 5.39 Å². The molecule has 3 N–H and O–H groups in total. The lowest BCUT2D eigenvalue weighted by molar-refractivity contribution is -0.105. The van der Waals surface area contributed by atoms with Crippen molar-refractivity contribution in [2.24, 2.45) is 0 Å². The van der Waals surface area contributed by atoms with E-state index >= 15 is 0 Å². The molecule has 0 aliphatic heterocycles. The van der Waals surface area contributed by atoms with Crippen LogP contribution in [0, 0.1) is 0 Å². The molecule has 2 heterocycles. The smallest absolute Gasteiger partial charge is 0.224 e. The van der Waals surface area contributed by atoms with Crippen LogP contribution in [-0.2, 0) is 4.79 Å².